The molecule has 2 saturated carbocycles. The number of benzene rings is 1. The molecule has 2 aromatic rings. The van der Waals surface area contributed by atoms with Crippen molar-refractivity contribution < 1.29 is 4.74 Å². The third kappa shape index (κ3) is 2.16. The molecule has 0 saturated heterocycles. The van der Waals surface area contributed by atoms with Crippen molar-refractivity contribution in [2.75, 3.05) is 7.11 Å². The molecule has 3 aliphatic rings. The lowest BCUT2D eigenvalue weighted by molar-refractivity contribution is 0.307. The van der Waals surface area contributed by atoms with Crippen molar-refractivity contribution in [2.24, 2.45) is 17.8 Å². The Morgan fingerprint density at radius 1 is 1.17 bits per heavy atom. The average Bonchev–Trinajstić information content (AvgIpc) is 3.26. The minimum atomic E-state index is 0.510. The largest absolute Gasteiger partial charge is 0.497 e. The van der Waals surface area contributed by atoms with Crippen LogP contribution >= 0.6 is 35.3 Å². The first-order chi connectivity index (χ1) is 11.2. The Balaban J connectivity index is 1.64. The third-order valence-electron chi connectivity index (χ3n) is 5.94. The Morgan fingerprint density at radius 2 is 1.96 bits per heavy atom. The van der Waals surface area contributed by atoms with E-state index >= 15 is 0 Å². The molecule has 2 aliphatic carbocycles. The van der Waals surface area contributed by atoms with E-state index in [2.05, 4.69) is 41.0 Å². The fraction of sp³-hybridized carbons (Fsp3) is 0.500. The minimum Gasteiger partial charge on any atom is -0.497 e. The molecular formula is C18H19NOS3. The molecule has 0 spiro atoms. The maximum atomic E-state index is 5.46. The summed E-state index contributed by atoms with van der Waals surface area (Å²) in [6.07, 6.45) is 4.28. The number of thioether (sulfide) groups is 1. The first-order valence-corrected chi connectivity index (χ1v) is 10.4. The Kier molecular flexibility index (Phi) is 3.39. The van der Waals surface area contributed by atoms with E-state index < -0.39 is 0 Å². The number of fused-ring (bicyclic) bond motifs is 6. The summed E-state index contributed by atoms with van der Waals surface area (Å²) in [6, 6.07) is 8.72. The second kappa shape index (κ2) is 5.36. The topological polar surface area (TPSA) is 25.0 Å². The van der Waals surface area contributed by atoms with Crippen molar-refractivity contribution in [3.63, 3.8) is 0 Å². The molecule has 0 amide bonds. The summed E-state index contributed by atoms with van der Waals surface area (Å²) in [5, 5.41) is 2.11. The molecule has 5 rings (SSSR count). The van der Waals surface area contributed by atoms with Crippen molar-refractivity contribution >= 4 is 35.3 Å². The summed E-state index contributed by atoms with van der Waals surface area (Å²) in [4.78, 5) is 4.93. The van der Waals surface area contributed by atoms with Crippen LogP contribution in [0.3, 0.4) is 0 Å². The van der Waals surface area contributed by atoms with E-state index in [1.807, 2.05) is 0 Å². The minimum absolute atomic E-state index is 0.510. The van der Waals surface area contributed by atoms with Crippen molar-refractivity contribution in [2.45, 2.75) is 35.5 Å². The zero-order chi connectivity index (χ0) is 15.6. The van der Waals surface area contributed by atoms with Gasteiger partial charge in [-0.2, -0.15) is 0 Å². The van der Waals surface area contributed by atoms with E-state index in [-0.39, 0.29) is 0 Å². The predicted octanol–water partition coefficient (Wildman–Crippen LogP) is 5.47. The van der Waals surface area contributed by atoms with Gasteiger partial charge in [0.2, 0.25) is 0 Å². The summed E-state index contributed by atoms with van der Waals surface area (Å²) in [5.41, 5.74) is 1.43. The molecule has 120 valence electrons. The van der Waals surface area contributed by atoms with Gasteiger partial charge in [0, 0.05) is 16.0 Å². The highest BCUT2D eigenvalue weighted by Gasteiger charge is 2.54. The lowest BCUT2D eigenvalue weighted by Crippen LogP contribution is -2.33. The van der Waals surface area contributed by atoms with Gasteiger partial charge in [-0.1, -0.05) is 12.1 Å². The fourth-order valence-electron chi connectivity index (χ4n) is 5.03. The normalized spacial score (nSPS) is 34.2. The summed E-state index contributed by atoms with van der Waals surface area (Å²) >= 11 is 9.33. The molecule has 1 aromatic heterocycles. The molecule has 1 aromatic carbocycles. The van der Waals surface area contributed by atoms with Crippen LogP contribution in [0, 0.1) is 21.7 Å². The second-order valence-corrected chi connectivity index (χ2v) is 9.86. The van der Waals surface area contributed by atoms with Crippen molar-refractivity contribution in [3.05, 3.63) is 38.7 Å². The zero-order valence-electron chi connectivity index (χ0n) is 13.0. The first kappa shape index (κ1) is 14.6. The highest BCUT2D eigenvalue weighted by Crippen LogP contribution is 2.64. The second-order valence-electron chi connectivity index (χ2n) is 6.95. The monoisotopic (exact) mass is 361 g/mol. The van der Waals surface area contributed by atoms with Crippen LogP contribution in [0.1, 0.15) is 35.6 Å². The molecule has 0 unspecified atom stereocenters. The van der Waals surface area contributed by atoms with E-state index in [0.29, 0.717) is 5.92 Å². The average molecular weight is 362 g/mol. The zero-order valence-corrected chi connectivity index (χ0v) is 15.4. The number of H-pyrrole nitrogens is 1. The number of rotatable bonds is 2. The Bertz CT molecular complexity index is 793. The smallest absolute Gasteiger partial charge is 0.159 e. The number of hydrogen-bond donors (Lipinski definition) is 1. The fourth-order valence-corrected chi connectivity index (χ4v) is 8.37. The van der Waals surface area contributed by atoms with Crippen LogP contribution in [0.15, 0.2) is 29.3 Å². The van der Waals surface area contributed by atoms with E-state index in [0.717, 1.165) is 32.7 Å². The van der Waals surface area contributed by atoms with Gasteiger partial charge in [-0.15, -0.1) is 23.1 Å². The SMILES string of the molecule is COc1ccc([C@@H]2c3sc(=S)[nH]c3S[C@@H]3[C@H]4CC[C@@H](C4)[C@H]23)cc1. The molecule has 2 fully saturated rings. The van der Waals surface area contributed by atoms with E-state index in [4.69, 9.17) is 17.0 Å². The van der Waals surface area contributed by atoms with Crippen LogP contribution in [0.25, 0.3) is 0 Å². The molecule has 2 nitrogen and oxygen atoms in total. The van der Waals surface area contributed by atoms with Crippen LogP contribution in [-0.4, -0.2) is 17.3 Å². The van der Waals surface area contributed by atoms with Gasteiger partial charge >= 0.3 is 0 Å². The van der Waals surface area contributed by atoms with E-state index in [1.165, 1.54) is 34.7 Å². The van der Waals surface area contributed by atoms with Crippen LogP contribution in [0.4, 0.5) is 0 Å². The van der Waals surface area contributed by atoms with E-state index in [1.54, 1.807) is 18.4 Å². The molecule has 23 heavy (non-hydrogen) atoms. The first-order valence-electron chi connectivity index (χ1n) is 8.28. The molecule has 1 aliphatic heterocycles. The molecule has 1 N–H and O–H groups in total. The Morgan fingerprint density at radius 3 is 2.74 bits per heavy atom. The Hall–Kier alpha value is -0.780. The van der Waals surface area contributed by atoms with Crippen LogP contribution in [0.5, 0.6) is 5.75 Å². The molecule has 5 heteroatoms. The highest BCUT2D eigenvalue weighted by molar-refractivity contribution is 8.00. The summed E-state index contributed by atoms with van der Waals surface area (Å²) in [7, 11) is 1.73. The molecule has 5 atom stereocenters. The summed E-state index contributed by atoms with van der Waals surface area (Å²) in [6.45, 7) is 0. The quantitative estimate of drug-likeness (QED) is 0.718. The van der Waals surface area contributed by atoms with Crippen molar-refractivity contribution in [1.29, 1.82) is 0 Å². The molecule has 2 heterocycles. The van der Waals surface area contributed by atoms with Gasteiger partial charge in [0.25, 0.3) is 0 Å². The van der Waals surface area contributed by atoms with Gasteiger partial charge in [-0.05, 0) is 66.9 Å². The molecule has 0 radical (unpaired) electrons. The van der Waals surface area contributed by atoms with Gasteiger partial charge < -0.3 is 9.72 Å². The number of aromatic nitrogens is 1. The predicted molar refractivity (Wildman–Crippen MR) is 98.3 cm³/mol. The summed E-state index contributed by atoms with van der Waals surface area (Å²) in [5.74, 6) is 4.03. The summed E-state index contributed by atoms with van der Waals surface area (Å²) < 4.78 is 6.27. The third-order valence-corrected chi connectivity index (χ3v) is 8.92. The van der Waals surface area contributed by atoms with Gasteiger partial charge in [0.15, 0.2) is 3.95 Å². The Labute approximate surface area is 149 Å². The number of thiazole rings is 1. The van der Waals surface area contributed by atoms with Gasteiger partial charge in [-0.25, -0.2) is 0 Å². The maximum absolute atomic E-state index is 5.46. The van der Waals surface area contributed by atoms with Gasteiger partial charge in [0.1, 0.15) is 5.75 Å². The van der Waals surface area contributed by atoms with E-state index in [9.17, 15) is 0 Å². The van der Waals surface area contributed by atoms with Crippen LogP contribution in [0.2, 0.25) is 0 Å². The lowest BCUT2D eigenvalue weighted by Gasteiger charge is -2.40. The number of aromatic amines is 1. The van der Waals surface area contributed by atoms with Crippen LogP contribution in [-0.2, 0) is 0 Å². The molecule has 2 bridgehead atoms. The number of methoxy groups -OCH3 is 1. The lowest BCUT2D eigenvalue weighted by atomic mass is 9.75. The number of nitrogens with one attached hydrogen (secondary N) is 1. The van der Waals surface area contributed by atoms with Crippen LogP contribution < -0.4 is 4.74 Å². The standard InChI is InChI=1S/C18H19NOS3/c1-20-12-6-4-9(5-7-12)13-14-10-2-3-11(8-10)15(14)22-17-16(13)23-18(21)19-17/h4-7,10-11,13-15H,2-3,8H2,1H3,(H,19,21)/t10-,11-,13-,14+,15+/m0/s1. The maximum Gasteiger partial charge on any atom is 0.159 e. The number of hydrogen-bond acceptors (Lipinski definition) is 4. The van der Waals surface area contributed by atoms with Gasteiger partial charge in [0.05, 0.1) is 12.1 Å². The molecular weight excluding hydrogens is 342 g/mol. The van der Waals surface area contributed by atoms with Crippen molar-refractivity contribution in [3.8, 4) is 5.75 Å². The highest BCUT2D eigenvalue weighted by atomic mass is 32.2. The number of ether oxygens (including phenoxy) is 1. The van der Waals surface area contributed by atoms with Crippen molar-refractivity contribution in [1.82, 2.24) is 4.98 Å². The van der Waals surface area contributed by atoms with Gasteiger partial charge in [-0.3, -0.25) is 0 Å².